The summed E-state index contributed by atoms with van der Waals surface area (Å²) in [4.78, 5) is 69.9. The molecule has 0 bridgehead atoms. The predicted octanol–water partition coefficient (Wildman–Crippen LogP) is 4.12. The molecule has 0 aliphatic carbocycles. The number of alkyl carbamates (subject to hydrolysis) is 1. The summed E-state index contributed by atoms with van der Waals surface area (Å²) in [6.45, 7) is 5.78. The first-order chi connectivity index (χ1) is 23.3. The summed E-state index contributed by atoms with van der Waals surface area (Å²) in [5.41, 5.74) is 1.20. The topological polar surface area (TPSA) is 137 Å². The zero-order valence-electron chi connectivity index (χ0n) is 28.1. The van der Waals surface area contributed by atoms with Crippen LogP contribution in [0.1, 0.15) is 50.3 Å². The molecule has 11 nitrogen and oxygen atoms in total. The number of benzene rings is 3. The van der Waals surface area contributed by atoms with Gasteiger partial charge in [0.25, 0.3) is 0 Å². The van der Waals surface area contributed by atoms with Crippen molar-refractivity contribution in [3.05, 3.63) is 101 Å². The molecule has 2 aliphatic heterocycles. The second-order valence-electron chi connectivity index (χ2n) is 13.9. The van der Waals surface area contributed by atoms with E-state index in [0.717, 1.165) is 11.1 Å². The third-order valence-electron chi connectivity index (χ3n) is 9.09. The normalized spacial score (nSPS) is 19.4. The van der Waals surface area contributed by atoms with Crippen molar-refractivity contribution in [3.63, 3.8) is 0 Å². The van der Waals surface area contributed by atoms with E-state index in [1.54, 1.807) is 18.2 Å². The molecule has 4 atom stereocenters. The third-order valence-corrected chi connectivity index (χ3v) is 9.09. The van der Waals surface area contributed by atoms with Gasteiger partial charge in [0.2, 0.25) is 24.1 Å². The minimum Gasteiger partial charge on any atom is -0.445 e. The summed E-state index contributed by atoms with van der Waals surface area (Å²) in [6, 6.07) is 19.7. The van der Waals surface area contributed by atoms with Gasteiger partial charge >= 0.3 is 6.09 Å². The fourth-order valence-corrected chi connectivity index (χ4v) is 6.62. The SMILES string of the molecule is CN(C(=O)[C@H](Cc1ccc(F)cc1)NC(=O)OCc1ccccc1)[C@@H](CC(C)(C)C)C(=O)N1C[C@]2(C[C@H]1NC=O)C(=O)Nc1ccccc12. The summed E-state index contributed by atoms with van der Waals surface area (Å²) in [5.74, 6) is -1.74. The summed E-state index contributed by atoms with van der Waals surface area (Å²) < 4.78 is 19.1. The van der Waals surface area contributed by atoms with Gasteiger partial charge in [-0.15, -0.1) is 0 Å². The van der Waals surface area contributed by atoms with Crippen LogP contribution in [0.3, 0.4) is 0 Å². The zero-order chi connectivity index (χ0) is 35.3. The molecule has 2 heterocycles. The molecule has 5 rings (SSSR count). The van der Waals surface area contributed by atoms with Gasteiger partial charge in [0.05, 0.1) is 5.41 Å². The van der Waals surface area contributed by atoms with Crippen LogP contribution in [0, 0.1) is 11.2 Å². The molecule has 5 amide bonds. The molecule has 0 saturated carbocycles. The molecule has 49 heavy (non-hydrogen) atoms. The molecule has 1 saturated heterocycles. The number of hydrogen-bond donors (Lipinski definition) is 3. The first-order valence-electron chi connectivity index (χ1n) is 16.2. The second kappa shape index (κ2) is 14.5. The number of amides is 5. The number of hydrogen-bond acceptors (Lipinski definition) is 6. The fraction of sp³-hybridized carbons (Fsp3) is 0.378. The van der Waals surface area contributed by atoms with Gasteiger partial charge in [0, 0.05) is 32.1 Å². The van der Waals surface area contributed by atoms with Crippen LogP contribution in [0.5, 0.6) is 0 Å². The minimum atomic E-state index is -1.17. The number of halogens is 1. The summed E-state index contributed by atoms with van der Waals surface area (Å²) in [7, 11) is 1.50. The van der Waals surface area contributed by atoms with Gasteiger partial charge in [-0.2, -0.15) is 0 Å². The van der Waals surface area contributed by atoms with E-state index in [4.69, 9.17) is 4.74 Å². The summed E-state index contributed by atoms with van der Waals surface area (Å²) >= 11 is 0. The van der Waals surface area contributed by atoms with Gasteiger partial charge in [-0.25, -0.2) is 9.18 Å². The van der Waals surface area contributed by atoms with Crippen molar-refractivity contribution in [1.82, 2.24) is 20.4 Å². The van der Waals surface area contributed by atoms with Crippen LogP contribution < -0.4 is 16.0 Å². The highest BCUT2D eigenvalue weighted by atomic mass is 19.1. The van der Waals surface area contributed by atoms with E-state index in [0.29, 0.717) is 17.7 Å². The van der Waals surface area contributed by atoms with E-state index < -0.39 is 52.8 Å². The number of nitrogens with zero attached hydrogens (tertiary/aromatic N) is 2. The lowest BCUT2D eigenvalue weighted by atomic mass is 9.80. The van der Waals surface area contributed by atoms with Gasteiger partial charge in [0.15, 0.2) is 0 Å². The number of rotatable bonds is 11. The Balaban J connectivity index is 1.42. The Morgan fingerprint density at radius 1 is 1.04 bits per heavy atom. The van der Waals surface area contributed by atoms with Crippen LogP contribution in [0.15, 0.2) is 78.9 Å². The van der Waals surface area contributed by atoms with Crippen LogP contribution >= 0.6 is 0 Å². The number of likely N-dealkylation sites (tertiary alicyclic amines) is 1. The number of fused-ring (bicyclic) bond motifs is 2. The largest absolute Gasteiger partial charge is 0.445 e. The van der Waals surface area contributed by atoms with Crippen molar-refractivity contribution in [2.45, 2.75) is 70.3 Å². The minimum absolute atomic E-state index is 0.000574. The number of carbonyl (C=O) groups excluding carboxylic acids is 5. The Hall–Kier alpha value is -5.26. The van der Waals surface area contributed by atoms with E-state index in [-0.39, 0.29) is 38.3 Å². The van der Waals surface area contributed by atoms with E-state index in [2.05, 4.69) is 16.0 Å². The molecule has 1 spiro atoms. The van der Waals surface area contributed by atoms with Crippen molar-refractivity contribution in [3.8, 4) is 0 Å². The second-order valence-corrected chi connectivity index (χ2v) is 13.9. The molecule has 3 aromatic rings. The number of anilines is 1. The highest BCUT2D eigenvalue weighted by Crippen LogP contribution is 2.46. The maximum Gasteiger partial charge on any atom is 0.408 e. The quantitative estimate of drug-likeness (QED) is 0.263. The number of nitrogens with one attached hydrogen (secondary N) is 3. The Bertz CT molecular complexity index is 1700. The van der Waals surface area contributed by atoms with E-state index in [1.165, 1.54) is 41.1 Å². The van der Waals surface area contributed by atoms with Crippen molar-refractivity contribution in [2.24, 2.45) is 5.41 Å². The lowest BCUT2D eigenvalue weighted by molar-refractivity contribution is -0.148. The third kappa shape index (κ3) is 7.90. The molecule has 0 unspecified atom stereocenters. The predicted molar refractivity (Wildman–Crippen MR) is 180 cm³/mol. The van der Waals surface area contributed by atoms with Crippen molar-refractivity contribution in [2.75, 3.05) is 18.9 Å². The molecular weight excluding hydrogens is 629 g/mol. The van der Waals surface area contributed by atoms with Crippen LogP contribution in [0.2, 0.25) is 0 Å². The van der Waals surface area contributed by atoms with E-state index >= 15 is 0 Å². The standard InChI is InChI=1S/C37H42FN5O6/c1-36(2,3)19-30(33(46)43-22-37(20-31(43)39-23-44)27-12-8-9-13-28(27)40-34(37)47)42(4)32(45)29(18-24-14-16-26(38)17-15-24)41-35(48)49-21-25-10-6-5-7-11-25/h5-17,23,29-31H,18-22H2,1-4H3,(H,39,44)(H,40,47)(H,41,48)/t29-,30-,31-,37-/m0/s1. The van der Waals surface area contributed by atoms with Crippen LogP contribution in [0.4, 0.5) is 14.9 Å². The lowest BCUT2D eigenvalue weighted by Crippen LogP contribution is -2.58. The van der Waals surface area contributed by atoms with Crippen molar-refractivity contribution in [1.29, 1.82) is 0 Å². The maximum absolute atomic E-state index is 14.6. The van der Waals surface area contributed by atoms with Crippen LogP contribution in [-0.4, -0.2) is 71.9 Å². The first kappa shape index (κ1) is 35.1. The summed E-state index contributed by atoms with van der Waals surface area (Å²) in [6.07, 6.45) is -0.759. The molecule has 258 valence electrons. The molecule has 3 N–H and O–H groups in total. The monoisotopic (exact) mass is 671 g/mol. The maximum atomic E-state index is 14.6. The molecule has 0 radical (unpaired) electrons. The molecule has 3 aromatic carbocycles. The molecular formula is C37H42FN5O6. The Kier molecular flexibility index (Phi) is 10.4. The van der Waals surface area contributed by atoms with Crippen molar-refractivity contribution >= 4 is 35.9 Å². The van der Waals surface area contributed by atoms with Gasteiger partial charge < -0.3 is 30.5 Å². The number of ether oxygens (including phenoxy) is 1. The Morgan fingerprint density at radius 3 is 2.39 bits per heavy atom. The molecule has 12 heteroatoms. The van der Waals surface area contributed by atoms with Crippen LogP contribution in [-0.2, 0) is 42.4 Å². The highest BCUT2D eigenvalue weighted by molar-refractivity contribution is 6.07. The molecule has 2 aliphatic rings. The average molecular weight is 672 g/mol. The van der Waals surface area contributed by atoms with Gasteiger partial charge in [-0.1, -0.05) is 81.4 Å². The van der Waals surface area contributed by atoms with E-state index in [1.807, 2.05) is 57.2 Å². The smallest absolute Gasteiger partial charge is 0.408 e. The van der Waals surface area contributed by atoms with Crippen molar-refractivity contribution < 1.29 is 33.1 Å². The Morgan fingerprint density at radius 2 is 1.71 bits per heavy atom. The number of para-hydroxylation sites is 1. The first-order valence-corrected chi connectivity index (χ1v) is 16.2. The fourth-order valence-electron chi connectivity index (χ4n) is 6.62. The zero-order valence-corrected chi connectivity index (χ0v) is 28.1. The molecule has 0 aromatic heterocycles. The summed E-state index contributed by atoms with van der Waals surface area (Å²) in [5, 5.41) is 8.28. The highest BCUT2D eigenvalue weighted by Gasteiger charge is 2.56. The van der Waals surface area contributed by atoms with E-state index in [9.17, 15) is 28.4 Å². The lowest BCUT2D eigenvalue weighted by Gasteiger charge is -2.37. The van der Waals surface area contributed by atoms with Crippen LogP contribution in [0.25, 0.3) is 0 Å². The van der Waals surface area contributed by atoms with Gasteiger partial charge in [0.1, 0.15) is 30.7 Å². The Labute approximate surface area is 285 Å². The van der Waals surface area contributed by atoms with Gasteiger partial charge in [-0.3, -0.25) is 19.2 Å². The average Bonchev–Trinajstić information content (AvgIpc) is 3.59. The van der Waals surface area contributed by atoms with Gasteiger partial charge in [-0.05, 0) is 46.7 Å². The molecule has 1 fully saturated rings. The number of carbonyl (C=O) groups is 5. The number of likely N-dealkylation sites (N-methyl/N-ethyl adjacent to an activating group) is 1.